The summed E-state index contributed by atoms with van der Waals surface area (Å²) >= 11 is 0. The molecule has 0 saturated heterocycles. The molecule has 0 aliphatic rings. The molecule has 3 aromatic carbocycles. The van der Waals surface area contributed by atoms with Crippen LogP contribution in [0.1, 0.15) is 22.3 Å². The molecule has 0 atom stereocenters. The third-order valence-corrected chi connectivity index (χ3v) is 3.65. The van der Waals surface area contributed by atoms with Crippen LogP contribution in [0.3, 0.4) is 0 Å². The van der Waals surface area contributed by atoms with Crippen molar-refractivity contribution in [3.8, 4) is 11.8 Å². The summed E-state index contributed by atoms with van der Waals surface area (Å²) in [7, 11) is 0. The largest absolute Gasteiger partial charge is 0.0689 e. The zero-order valence-electron chi connectivity index (χ0n) is 13.2. The van der Waals surface area contributed by atoms with Crippen molar-refractivity contribution < 1.29 is 0 Å². The number of rotatable bonds is 2. The average Bonchev–Trinajstić information content (AvgIpc) is 2.61. The minimum Gasteiger partial charge on any atom is -0.0689 e. The molecular formula is C23H18. The molecule has 0 saturated carbocycles. The maximum atomic E-state index is 3.20. The minimum absolute atomic E-state index is 1.03. The van der Waals surface area contributed by atoms with Crippen LogP contribution in [0, 0.1) is 18.8 Å². The second-order valence-corrected chi connectivity index (χ2v) is 5.43. The predicted octanol–water partition coefficient (Wildman–Crippen LogP) is 5.48. The number of hydrogen-bond donors (Lipinski definition) is 0. The molecule has 3 rings (SSSR count). The summed E-state index contributed by atoms with van der Waals surface area (Å²) in [6.07, 6.45) is 2.01. The molecule has 0 amide bonds. The highest BCUT2D eigenvalue weighted by Crippen LogP contribution is 2.23. The minimum atomic E-state index is 1.03. The fourth-order valence-electron chi connectivity index (χ4n) is 2.40. The van der Waals surface area contributed by atoms with Crippen LogP contribution >= 0.6 is 0 Å². The Labute approximate surface area is 138 Å². The summed E-state index contributed by atoms with van der Waals surface area (Å²) in [5, 5.41) is 0. The van der Waals surface area contributed by atoms with Crippen LogP contribution in [0.2, 0.25) is 0 Å². The van der Waals surface area contributed by atoms with E-state index in [1.807, 2.05) is 42.5 Å². The van der Waals surface area contributed by atoms with E-state index in [-0.39, 0.29) is 0 Å². The Bertz CT molecular complexity index is 843. The Hall–Kier alpha value is -3.04. The van der Waals surface area contributed by atoms with Crippen molar-refractivity contribution in [1.29, 1.82) is 0 Å². The molecule has 0 aliphatic carbocycles. The highest BCUT2D eigenvalue weighted by molar-refractivity contribution is 5.81. The molecule has 0 spiro atoms. The van der Waals surface area contributed by atoms with Gasteiger partial charge < -0.3 is 0 Å². The molecule has 0 bridgehead atoms. The summed E-state index contributed by atoms with van der Waals surface area (Å²) in [6.45, 7) is 2.10. The van der Waals surface area contributed by atoms with Crippen LogP contribution in [0.4, 0.5) is 0 Å². The lowest BCUT2D eigenvalue weighted by molar-refractivity contribution is 1.45. The van der Waals surface area contributed by atoms with Gasteiger partial charge in [0.05, 0.1) is 0 Å². The molecule has 3 aromatic rings. The van der Waals surface area contributed by atoms with Crippen molar-refractivity contribution in [2.24, 2.45) is 0 Å². The number of allylic oxidation sites excluding steroid dienone is 1. The van der Waals surface area contributed by atoms with Crippen LogP contribution in [-0.2, 0) is 0 Å². The molecule has 0 heteroatoms. The van der Waals surface area contributed by atoms with Gasteiger partial charge in [-0.2, -0.15) is 0 Å². The zero-order chi connectivity index (χ0) is 15.9. The molecule has 23 heavy (non-hydrogen) atoms. The second-order valence-electron chi connectivity index (χ2n) is 5.43. The molecular weight excluding hydrogens is 276 g/mol. The molecule has 0 unspecified atom stereocenters. The summed E-state index contributed by atoms with van der Waals surface area (Å²) < 4.78 is 0. The third kappa shape index (κ3) is 3.99. The number of hydrogen-bond acceptors (Lipinski definition) is 0. The molecule has 0 fully saturated rings. The van der Waals surface area contributed by atoms with Crippen molar-refractivity contribution in [2.75, 3.05) is 0 Å². The maximum Gasteiger partial charge on any atom is 0.0248 e. The normalized spacial score (nSPS) is 10.7. The predicted molar refractivity (Wildman–Crippen MR) is 98.0 cm³/mol. The quantitative estimate of drug-likeness (QED) is 0.549. The first-order valence-corrected chi connectivity index (χ1v) is 7.72. The zero-order valence-corrected chi connectivity index (χ0v) is 13.2. The van der Waals surface area contributed by atoms with Crippen molar-refractivity contribution in [3.63, 3.8) is 0 Å². The fourth-order valence-corrected chi connectivity index (χ4v) is 2.40. The molecule has 0 aliphatic heterocycles. The van der Waals surface area contributed by atoms with E-state index in [0.29, 0.717) is 0 Å². The van der Waals surface area contributed by atoms with Crippen LogP contribution in [0.25, 0.3) is 5.57 Å². The van der Waals surface area contributed by atoms with Crippen LogP contribution in [0.15, 0.2) is 91.0 Å². The first kappa shape index (κ1) is 14.9. The highest BCUT2D eigenvalue weighted by Gasteiger charge is 2.03. The number of aryl methyl sites for hydroxylation is 1. The standard InChI is InChI=1S/C23H18/c1-19-15-17-22(18-16-19)23(21-12-6-3-7-13-21)14-8-11-20-9-4-2-5-10-20/h2-7,9-10,12-18H,1H3/b23-14-. The van der Waals surface area contributed by atoms with E-state index in [0.717, 1.165) is 11.1 Å². The van der Waals surface area contributed by atoms with Gasteiger partial charge in [-0.25, -0.2) is 0 Å². The van der Waals surface area contributed by atoms with Crippen molar-refractivity contribution in [2.45, 2.75) is 6.92 Å². The van der Waals surface area contributed by atoms with Gasteiger partial charge >= 0.3 is 0 Å². The van der Waals surface area contributed by atoms with Gasteiger partial charge in [-0.3, -0.25) is 0 Å². The second kappa shape index (κ2) is 7.29. The lowest BCUT2D eigenvalue weighted by Gasteiger charge is -2.07. The van der Waals surface area contributed by atoms with E-state index in [1.54, 1.807) is 0 Å². The fraction of sp³-hybridized carbons (Fsp3) is 0.0435. The topological polar surface area (TPSA) is 0 Å². The van der Waals surface area contributed by atoms with Gasteiger partial charge in [-0.15, -0.1) is 0 Å². The Morgan fingerprint density at radius 2 is 1.26 bits per heavy atom. The Balaban J connectivity index is 2.00. The van der Waals surface area contributed by atoms with Gasteiger partial charge in [-0.1, -0.05) is 90.2 Å². The van der Waals surface area contributed by atoms with E-state index in [1.165, 1.54) is 16.7 Å². The first-order chi connectivity index (χ1) is 11.3. The third-order valence-electron chi connectivity index (χ3n) is 3.65. The number of benzene rings is 3. The maximum absolute atomic E-state index is 3.20. The van der Waals surface area contributed by atoms with Crippen molar-refractivity contribution in [3.05, 3.63) is 113 Å². The van der Waals surface area contributed by atoms with Gasteiger partial charge in [-0.05, 0) is 41.8 Å². The van der Waals surface area contributed by atoms with Gasteiger partial charge in [0, 0.05) is 5.56 Å². The van der Waals surface area contributed by atoms with Gasteiger partial charge in [0.2, 0.25) is 0 Å². The summed E-state index contributed by atoms with van der Waals surface area (Å²) in [5.74, 6) is 6.40. The highest BCUT2D eigenvalue weighted by atomic mass is 14.1. The lowest BCUT2D eigenvalue weighted by atomic mass is 9.97. The molecule has 0 N–H and O–H groups in total. The smallest absolute Gasteiger partial charge is 0.0248 e. The van der Waals surface area contributed by atoms with Crippen molar-refractivity contribution >= 4 is 5.57 Å². The molecule has 0 heterocycles. The summed E-state index contributed by atoms with van der Waals surface area (Å²) in [5.41, 5.74) is 5.80. The van der Waals surface area contributed by atoms with E-state index in [9.17, 15) is 0 Å². The molecule has 110 valence electrons. The first-order valence-electron chi connectivity index (χ1n) is 7.72. The van der Waals surface area contributed by atoms with Gasteiger partial charge in [0.15, 0.2) is 0 Å². The van der Waals surface area contributed by atoms with Gasteiger partial charge in [0.25, 0.3) is 0 Å². The Morgan fingerprint density at radius 1 is 0.696 bits per heavy atom. The Kier molecular flexibility index (Phi) is 4.72. The molecule has 0 nitrogen and oxygen atoms in total. The molecule has 0 radical (unpaired) electrons. The van der Waals surface area contributed by atoms with E-state index in [2.05, 4.69) is 67.3 Å². The van der Waals surface area contributed by atoms with Crippen LogP contribution in [0.5, 0.6) is 0 Å². The van der Waals surface area contributed by atoms with Gasteiger partial charge in [0.1, 0.15) is 0 Å². The van der Waals surface area contributed by atoms with Crippen LogP contribution < -0.4 is 0 Å². The summed E-state index contributed by atoms with van der Waals surface area (Å²) in [4.78, 5) is 0. The van der Waals surface area contributed by atoms with Crippen LogP contribution in [-0.4, -0.2) is 0 Å². The van der Waals surface area contributed by atoms with Crippen molar-refractivity contribution in [1.82, 2.24) is 0 Å². The average molecular weight is 294 g/mol. The Morgan fingerprint density at radius 3 is 1.91 bits per heavy atom. The lowest BCUT2D eigenvalue weighted by Crippen LogP contribution is -1.88. The molecule has 0 aromatic heterocycles. The van der Waals surface area contributed by atoms with E-state index in [4.69, 9.17) is 0 Å². The summed E-state index contributed by atoms with van der Waals surface area (Å²) in [6, 6.07) is 29.0. The van der Waals surface area contributed by atoms with E-state index < -0.39 is 0 Å². The monoisotopic (exact) mass is 294 g/mol. The van der Waals surface area contributed by atoms with E-state index >= 15 is 0 Å². The SMILES string of the molecule is Cc1ccc(/C(=C\C#Cc2ccccc2)c2ccccc2)cc1.